The molecule has 1 aromatic heterocycles. The van der Waals surface area contributed by atoms with E-state index < -0.39 is 0 Å². The maximum Gasteiger partial charge on any atom is 0.264 e. The zero-order valence-corrected chi connectivity index (χ0v) is 19.4. The van der Waals surface area contributed by atoms with Crippen LogP contribution in [0.4, 0.5) is 4.39 Å². The van der Waals surface area contributed by atoms with Crippen LogP contribution in [0.2, 0.25) is 0 Å². The second-order valence-corrected chi connectivity index (χ2v) is 9.44. The zero-order chi connectivity index (χ0) is 22.5. The van der Waals surface area contributed by atoms with E-state index in [0.717, 1.165) is 34.8 Å². The molecule has 0 spiro atoms. The SMILES string of the molecule is CC(C)c1ccc(OCc2csc(C(=O)N3CCN(Cc4cccc(F)c4)CC3)c2)cc1. The summed E-state index contributed by atoms with van der Waals surface area (Å²) in [5.41, 5.74) is 3.26. The van der Waals surface area contributed by atoms with E-state index in [2.05, 4.69) is 30.9 Å². The summed E-state index contributed by atoms with van der Waals surface area (Å²) >= 11 is 1.47. The van der Waals surface area contributed by atoms with Gasteiger partial charge < -0.3 is 9.64 Å². The van der Waals surface area contributed by atoms with E-state index in [1.807, 2.05) is 34.5 Å². The molecule has 2 aromatic carbocycles. The average Bonchev–Trinajstić information content (AvgIpc) is 3.27. The molecule has 3 aromatic rings. The van der Waals surface area contributed by atoms with Gasteiger partial charge >= 0.3 is 0 Å². The lowest BCUT2D eigenvalue weighted by Gasteiger charge is -2.34. The average molecular weight is 453 g/mol. The Morgan fingerprint density at radius 2 is 1.78 bits per heavy atom. The van der Waals surface area contributed by atoms with Crippen molar-refractivity contribution in [2.45, 2.75) is 32.9 Å². The van der Waals surface area contributed by atoms with Crippen molar-refractivity contribution in [2.24, 2.45) is 0 Å². The molecule has 6 heteroatoms. The molecule has 4 rings (SSSR count). The molecule has 1 amide bonds. The number of benzene rings is 2. The van der Waals surface area contributed by atoms with Gasteiger partial charge in [-0.05, 0) is 52.8 Å². The van der Waals surface area contributed by atoms with Crippen LogP contribution in [0.15, 0.2) is 60.0 Å². The van der Waals surface area contributed by atoms with E-state index >= 15 is 0 Å². The Kier molecular flexibility index (Phi) is 7.22. The van der Waals surface area contributed by atoms with Crippen LogP contribution in [0.5, 0.6) is 5.75 Å². The number of hydrogen-bond acceptors (Lipinski definition) is 4. The van der Waals surface area contributed by atoms with Gasteiger partial charge in [0.2, 0.25) is 0 Å². The first kappa shape index (κ1) is 22.5. The number of halogens is 1. The van der Waals surface area contributed by atoms with Crippen molar-refractivity contribution in [1.29, 1.82) is 0 Å². The highest BCUT2D eigenvalue weighted by molar-refractivity contribution is 7.12. The van der Waals surface area contributed by atoms with Crippen molar-refractivity contribution in [3.05, 3.63) is 87.4 Å². The molecule has 0 atom stereocenters. The third kappa shape index (κ3) is 5.75. The normalized spacial score (nSPS) is 14.7. The Morgan fingerprint density at radius 1 is 1.03 bits per heavy atom. The largest absolute Gasteiger partial charge is 0.489 e. The molecule has 2 heterocycles. The Hall–Kier alpha value is -2.70. The quantitative estimate of drug-likeness (QED) is 0.471. The molecule has 0 N–H and O–H groups in total. The molecule has 0 bridgehead atoms. The highest BCUT2D eigenvalue weighted by atomic mass is 32.1. The van der Waals surface area contributed by atoms with Crippen molar-refractivity contribution in [2.75, 3.05) is 26.2 Å². The molecule has 1 saturated heterocycles. The second-order valence-electron chi connectivity index (χ2n) is 8.53. The smallest absolute Gasteiger partial charge is 0.264 e. The van der Waals surface area contributed by atoms with Gasteiger partial charge in [0.15, 0.2) is 0 Å². The van der Waals surface area contributed by atoms with Gasteiger partial charge in [-0.15, -0.1) is 11.3 Å². The van der Waals surface area contributed by atoms with Crippen LogP contribution < -0.4 is 4.74 Å². The summed E-state index contributed by atoms with van der Waals surface area (Å²) in [6.07, 6.45) is 0. The monoisotopic (exact) mass is 452 g/mol. The first-order valence-electron chi connectivity index (χ1n) is 11.0. The topological polar surface area (TPSA) is 32.8 Å². The predicted molar refractivity (Wildman–Crippen MR) is 127 cm³/mol. The highest BCUT2D eigenvalue weighted by Crippen LogP contribution is 2.22. The van der Waals surface area contributed by atoms with Crippen LogP contribution in [-0.2, 0) is 13.2 Å². The highest BCUT2D eigenvalue weighted by Gasteiger charge is 2.23. The van der Waals surface area contributed by atoms with Gasteiger partial charge in [0.05, 0.1) is 4.88 Å². The molecule has 4 nitrogen and oxygen atoms in total. The van der Waals surface area contributed by atoms with E-state index in [1.165, 1.54) is 23.0 Å². The third-order valence-electron chi connectivity index (χ3n) is 5.77. The fourth-order valence-electron chi connectivity index (χ4n) is 3.84. The summed E-state index contributed by atoms with van der Waals surface area (Å²) in [5, 5.41) is 2.00. The van der Waals surface area contributed by atoms with E-state index in [4.69, 9.17) is 4.74 Å². The number of hydrogen-bond donors (Lipinski definition) is 0. The Labute approximate surface area is 193 Å². The molecular weight excluding hydrogens is 423 g/mol. The van der Waals surface area contributed by atoms with Gasteiger partial charge in [-0.25, -0.2) is 4.39 Å². The molecule has 0 aliphatic carbocycles. The Bertz CT molecular complexity index is 1040. The molecule has 0 unspecified atom stereocenters. The van der Waals surface area contributed by atoms with Crippen LogP contribution in [0.25, 0.3) is 0 Å². The molecular formula is C26H29FN2O2S. The maximum atomic E-state index is 13.4. The molecule has 1 aliphatic heterocycles. The fourth-order valence-corrected chi connectivity index (χ4v) is 4.70. The van der Waals surface area contributed by atoms with Crippen LogP contribution >= 0.6 is 11.3 Å². The third-order valence-corrected chi connectivity index (χ3v) is 6.74. The molecule has 0 saturated carbocycles. The summed E-state index contributed by atoms with van der Waals surface area (Å²) in [4.78, 5) is 17.8. The molecule has 0 radical (unpaired) electrons. The lowest BCUT2D eigenvalue weighted by Crippen LogP contribution is -2.48. The summed E-state index contributed by atoms with van der Waals surface area (Å²) in [7, 11) is 0. The molecule has 32 heavy (non-hydrogen) atoms. The van der Waals surface area contributed by atoms with Gasteiger partial charge in [0, 0.05) is 38.3 Å². The number of carbonyl (C=O) groups is 1. The van der Waals surface area contributed by atoms with Gasteiger partial charge in [-0.1, -0.05) is 38.1 Å². The van der Waals surface area contributed by atoms with Crippen molar-refractivity contribution < 1.29 is 13.9 Å². The Morgan fingerprint density at radius 3 is 2.47 bits per heavy atom. The minimum absolute atomic E-state index is 0.0768. The number of piperazine rings is 1. The number of amides is 1. The number of carbonyl (C=O) groups excluding carboxylic acids is 1. The first-order chi connectivity index (χ1) is 15.5. The van der Waals surface area contributed by atoms with Crippen molar-refractivity contribution in [1.82, 2.24) is 9.80 Å². The van der Waals surface area contributed by atoms with Crippen molar-refractivity contribution in [3.63, 3.8) is 0 Å². The van der Waals surface area contributed by atoms with Crippen molar-refractivity contribution >= 4 is 17.2 Å². The van der Waals surface area contributed by atoms with E-state index in [0.29, 0.717) is 32.2 Å². The van der Waals surface area contributed by atoms with Gasteiger partial charge in [0.1, 0.15) is 18.2 Å². The minimum Gasteiger partial charge on any atom is -0.489 e. The maximum absolute atomic E-state index is 13.4. The predicted octanol–water partition coefficient (Wildman–Crippen LogP) is 5.55. The summed E-state index contributed by atoms with van der Waals surface area (Å²) in [6, 6.07) is 16.8. The first-order valence-corrected chi connectivity index (χ1v) is 11.9. The standard InChI is InChI=1S/C26H29FN2O2S/c1-19(2)22-6-8-24(9-7-22)31-17-21-15-25(32-18-21)26(30)29-12-10-28(11-13-29)16-20-4-3-5-23(27)14-20/h3-9,14-15,18-19H,10-13,16-17H2,1-2H3. The summed E-state index contributed by atoms with van der Waals surface area (Å²) < 4.78 is 19.3. The summed E-state index contributed by atoms with van der Waals surface area (Å²) in [6.45, 7) is 8.44. The number of rotatable bonds is 7. The number of nitrogens with zero attached hydrogens (tertiary/aromatic N) is 2. The van der Waals surface area contributed by atoms with Gasteiger partial charge in [0.25, 0.3) is 5.91 Å². The molecule has 1 fully saturated rings. The molecule has 168 valence electrons. The second kappa shape index (κ2) is 10.3. The van der Waals surface area contributed by atoms with Crippen LogP contribution in [0.1, 0.15) is 46.1 Å². The lowest BCUT2D eigenvalue weighted by molar-refractivity contribution is 0.0633. The van der Waals surface area contributed by atoms with E-state index in [9.17, 15) is 9.18 Å². The lowest BCUT2D eigenvalue weighted by atomic mass is 10.0. The molecule has 1 aliphatic rings. The number of thiophene rings is 1. The van der Waals surface area contributed by atoms with E-state index in [-0.39, 0.29) is 11.7 Å². The fraction of sp³-hybridized carbons (Fsp3) is 0.346. The minimum atomic E-state index is -0.207. The van der Waals surface area contributed by atoms with Crippen molar-refractivity contribution in [3.8, 4) is 5.75 Å². The number of ether oxygens (including phenoxy) is 1. The van der Waals surface area contributed by atoms with Crippen LogP contribution in [0, 0.1) is 5.82 Å². The van der Waals surface area contributed by atoms with Crippen LogP contribution in [0.3, 0.4) is 0 Å². The zero-order valence-electron chi connectivity index (χ0n) is 18.6. The van der Waals surface area contributed by atoms with Gasteiger partial charge in [-0.3, -0.25) is 9.69 Å². The Balaban J connectivity index is 1.26. The van der Waals surface area contributed by atoms with Crippen LogP contribution in [-0.4, -0.2) is 41.9 Å². The van der Waals surface area contributed by atoms with E-state index in [1.54, 1.807) is 12.1 Å². The summed E-state index contributed by atoms with van der Waals surface area (Å²) in [5.74, 6) is 1.20. The van der Waals surface area contributed by atoms with Gasteiger partial charge in [-0.2, -0.15) is 0 Å².